The summed E-state index contributed by atoms with van der Waals surface area (Å²) in [4.78, 5) is 16.6. The van der Waals surface area contributed by atoms with Crippen LogP contribution >= 0.6 is 0 Å². The summed E-state index contributed by atoms with van der Waals surface area (Å²) in [6.45, 7) is 4.76. The minimum absolute atomic E-state index is 0.0894. The molecular formula is C18H23N5O2. The minimum atomic E-state index is -0.332. The molecule has 0 radical (unpaired) electrons. The fourth-order valence-corrected chi connectivity index (χ4v) is 2.76. The molecule has 25 heavy (non-hydrogen) atoms. The highest BCUT2D eigenvalue weighted by molar-refractivity contribution is 5.94. The largest absolute Gasteiger partial charge is 0.368 e. The minimum Gasteiger partial charge on any atom is -0.368 e. The number of anilines is 3. The molecule has 1 aromatic carbocycles. The van der Waals surface area contributed by atoms with Gasteiger partial charge in [-0.15, -0.1) is 10.2 Å². The number of benzene rings is 1. The molecule has 1 atom stereocenters. The van der Waals surface area contributed by atoms with Crippen LogP contribution in [0.3, 0.4) is 0 Å². The Morgan fingerprint density at radius 1 is 1.12 bits per heavy atom. The molecule has 3 rings (SSSR count). The Balaban J connectivity index is 1.63. The molecule has 1 aliphatic rings. The average Bonchev–Trinajstić information content (AvgIpc) is 3.18. The fraction of sp³-hybridized carbons (Fsp3) is 0.444. The lowest BCUT2D eigenvalue weighted by Crippen LogP contribution is -2.26. The SMILES string of the molecule is CCc1nnc(Nc2ccc(NC(=O)C3CCCO3)cc2)nc1CC. The van der Waals surface area contributed by atoms with Crippen molar-refractivity contribution in [1.82, 2.24) is 15.2 Å². The van der Waals surface area contributed by atoms with E-state index < -0.39 is 0 Å². The lowest BCUT2D eigenvalue weighted by atomic mass is 10.2. The van der Waals surface area contributed by atoms with Crippen molar-refractivity contribution in [3.05, 3.63) is 35.7 Å². The van der Waals surface area contributed by atoms with Crippen molar-refractivity contribution in [3.63, 3.8) is 0 Å². The Hall–Kier alpha value is -2.54. The molecule has 1 saturated heterocycles. The highest BCUT2D eigenvalue weighted by Crippen LogP contribution is 2.19. The van der Waals surface area contributed by atoms with E-state index >= 15 is 0 Å². The van der Waals surface area contributed by atoms with Crippen LogP contribution in [-0.2, 0) is 22.4 Å². The van der Waals surface area contributed by atoms with E-state index in [0.717, 1.165) is 48.4 Å². The number of rotatable bonds is 6. The molecule has 1 unspecified atom stereocenters. The van der Waals surface area contributed by atoms with Gasteiger partial charge in [0.25, 0.3) is 5.91 Å². The van der Waals surface area contributed by atoms with Gasteiger partial charge in [0.1, 0.15) is 6.10 Å². The maximum Gasteiger partial charge on any atom is 0.253 e. The van der Waals surface area contributed by atoms with Crippen LogP contribution in [0.4, 0.5) is 17.3 Å². The van der Waals surface area contributed by atoms with Gasteiger partial charge >= 0.3 is 0 Å². The summed E-state index contributed by atoms with van der Waals surface area (Å²) in [7, 11) is 0. The van der Waals surface area contributed by atoms with Gasteiger partial charge in [0, 0.05) is 18.0 Å². The number of aromatic nitrogens is 3. The van der Waals surface area contributed by atoms with Crippen LogP contribution in [0.1, 0.15) is 38.1 Å². The van der Waals surface area contributed by atoms with E-state index in [2.05, 4.69) is 32.7 Å². The average molecular weight is 341 g/mol. The molecule has 2 heterocycles. The zero-order chi connectivity index (χ0) is 17.6. The smallest absolute Gasteiger partial charge is 0.253 e. The molecule has 1 fully saturated rings. The number of ether oxygens (including phenoxy) is 1. The van der Waals surface area contributed by atoms with Crippen molar-refractivity contribution in [2.75, 3.05) is 17.2 Å². The Labute approximate surface area is 147 Å². The number of amides is 1. The maximum atomic E-state index is 12.0. The fourth-order valence-electron chi connectivity index (χ4n) is 2.76. The first-order chi connectivity index (χ1) is 12.2. The van der Waals surface area contributed by atoms with E-state index in [0.29, 0.717) is 12.6 Å². The van der Waals surface area contributed by atoms with E-state index in [1.54, 1.807) is 0 Å². The van der Waals surface area contributed by atoms with Crippen molar-refractivity contribution in [1.29, 1.82) is 0 Å². The Bertz CT molecular complexity index is 727. The van der Waals surface area contributed by atoms with E-state index in [-0.39, 0.29) is 12.0 Å². The monoisotopic (exact) mass is 341 g/mol. The number of hydrogen-bond acceptors (Lipinski definition) is 6. The van der Waals surface area contributed by atoms with Crippen LogP contribution in [0, 0.1) is 0 Å². The quantitative estimate of drug-likeness (QED) is 0.840. The van der Waals surface area contributed by atoms with E-state index in [1.165, 1.54) is 0 Å². The lowest BCUT2D eigenvalue weighted by Gasteiger charge is -2.11. The Morgan fingerprint density at radius 3 is 2.48 bits per heavy atom. The standard InChI is InChI=1S/C18H23N5O2/c1-3-14-15(4-2)22-23-18(21-14)20-13-9-7-12(8-10-13)19-17(24)16-6-5-11-25-16/h7-10,16H,3-6,11H2,1-2H3,(H,19,24)(H,20,21,23). The van der Waals surface area contributed by atoms with Gasteiger partial charge in [0.15, 0.2) is 0 Å². The third kappa shape index (κ3) is 4.30. The molecule has 0 saturated carbocycles. The highest BCUT2D eigenvalue weighted by atomic mass is 16.5. The van der Waals surface area contributed by atoms with Gasteiger partial charge in [-0.3, -0.25) is 4.79 Å². The molecule has 7 nitrogen and oxygen atoms in total. The summed E-state index contributed by atoms with van der Waals surface area (Å²) >= 11 is 0. The molecule has 132 valence electrons. The molecule has 2 N–H and O–H groups in total. The zero-order valence-electron chi connectivity index (χ0n) is 14.6. The van der Waals surface area contributed by atoms with Crippen molar-refractivity contribution >= 4 is 23.2 Å². The van der Waals surface area contributed by atoms with Crippen LogP contribution in [0.15, 0.2) is 24.3 Å². The first-order valence-electron chi connectivity index (χ1n) is 8.71. The molecule has 1 aromatic heterocycles. The Kier molecular flexibility index (Phi) is 5.55. The topological polar surface area (TPSA) is 89.0 Å². The first-order valence-corrected chi connectivity index (χ1v) is 8.71. The summed E-state index contributed by atoms with van der Waals surface area (Å²) in [6.07, 6.45) is 3.03. The van der Waals surface area contributed by atoms with Crippen LogP contribution in [0.25, 0.3) is 0 Å². The predicted molar refractivity (Wildman–Crippen MR) is 95.9 cm³/mol. The van der Waals surface area contributed by atoms with E-state index in [1.807, 2.05) is 31.2 Å². The van der Waals surface area contributed by atoms with Gasteiger partial charge in [-0.05, 0) is 49.9 Å². The summed E-state index contributed by atoms with van der Waals surface area (Å²) in [5.41, 5.74) is 3.46. The van der Waals surface area contributed by atoms with Crippen molar-refractivity contribution in [2.24, 2.45) is 0 Å². The van der Waals surface area contributed by atoms with Gasteiger partial charge in [0.2, 0.25) is 5.95 Å². The van der Waals surface area contributed by atoms with E-state index in [4.69, 9.17) is 4.74 Å². The second-order valence-electron chi connectivity index (χ2n) is 5.93. The lowest BCUT2D eigenvalue weighted by molar-refractivity contribution is -0.124. The maximum absolute atomic E-state index is 12.0. The van der Waals surface area contributed by atoms with Crippen LogP contribution < -0.4 is 10.6 Å². The summed E-state index contributed by atoms with van der Waals surface area (Å²) in [6, 6.07) is 7.41. The van der Waals surface area contributed by atoms with Crippen LogP contribution in [0.5, 0.6) is 0 Å². The van der Waals surface area contributed by atoms with Crippen molar-refractivity contribution < 1.29 is 9.53 Å². The van der Waals surface area contributed by atoms with Gasteiger partial charge in [-0.1, -0.05) is 13.8 Å². The molecule has 0 aliphatic carbocycles. The van der Waals surface area contributed by atoms with E-state index in [9.17, 15) is 4.79 Å². The van der Waals surface area contributed by atoms with Gasteiger partial charge in [-0.25, -0.2) is 4.98 Å². The summed E-state index contributed by atoms with van der Waals surface area (Å²) < 4.78 is 5.38. The molecule has 1 amide bonds. The zero-order valence-corrected chi connectivity index (χ0v) is 14.6. The van der Waals surface area contributed by atoms with Crippen LogP contribution in [-0.4, -0.2) is 33.8 Å². The number of nitrogens with zero attached hydrogens (tertiary/aromatic N) is 3. The normalized spacial score (nSPS) is 16.6. The van der Waals surface area contributed by atoms with Gasteiger partial charge < -0.3 is 15.4 Å². The number of hydrogen-bond donors (Lipinski definition) is 2. The number of carbonyl (C=O) groups excluding carboxylic acids is 1. The van der Waals surface area contributed by atoms with Gasteiger partial charge in [-0.2, -0.15) is 0 Å². The molecule has 1 aliphatic heterocycles. The number of nitrogens with one attached hydrogen (secondary N) is 2. The van der Waals surface area contributed by atoms with Crippen molar-refractivity contribution in [2.45, 2.75) is 45.6 Å². The molecule has 2 aromatic rings. The molecule has 0 bridgehead atoms. The third-order valence-electron chi connectivity index (χ3n) is 4.14. The number of carbonyl (C=O) groups is 1. The molecular weight excluding hydrogens is 318 g/mol. The van der Waals surface area contributed by atoms with Gasteiger partial charge in [0.05, 0.1) is 11.4 Å². The molecule has 0 spiro atoms. The second-order valence-corrected chi connectivity index (χ2v) is 5.93. The third-order valence-corrected chi connectivity index (χ3v) is 4.14. The second kappa shape index (κ2) is 8.02. The predicted octanol–water partition coefficient (Wildman–Crippen LogP) is 2.86. The molecule has 7 heteroatoms. The van der Waals surface area contributed by atoms with Crippen molar-refractivity contribution in [3.8, 4) is 0 Å². The highest BCUT2D eigenvalue weighted by Gasteiger charge is 2.23. The first kappa shape index (κ1) is 17.3. The van der Waals surface area contributed by atoms with Crippen LogP contribution in [0.2, 0.25) is 0 Å². The summed E-state index contributed by atoms with van der Waals surface area (Å²) in [5, 5.41) is 14.4. The Morgan fingerprint density at radius 2 is 1.84 bits per heavy atom. The summed E-state index contributed by atoms with van der Waals surface area (Å²) in [5.74, 6) is 0.388. The number of aryl methyl sites for hydroxylation is 2.